The van der Waals surface area contributed by atoms with Gasteiger partial charge in [-0.1, -0.05) is 60.3 Å². The van der Waals surface area contributed by atoms with E-state index < -0.39 is 0 Å². The molecule has 1 aromatic heterocycles. The first-order valence-corrected chi connectivity index (χ1v) is 11.7. The van der Waals surface area contributed by atoms with Gasteiger partial charge in [-0.05, 0) is 11.6 Å². The molecule has 1 amide bonds. The maximum Gasteiger partial charge on any atom is 0.221 e. The van der Waals surface area contributed by atoms with Crippen LogP contribution in [0.25, 0.3) is 0 Å². The predicted octanol–water partition coefficient (Wildman–Crippen LogP) is 3.63. The standard InChI is InChI=1S/C24H26N4O2S/c29-23(25-14-20-16-28-12-13-31-24(28)26-20)10-11-27-15-19-8-4-5-9-21(19)30-22(17-27)18-6-2-1-3-7-18/h1-9,16,22H,10-15,17H2,(H,25,29). The summed E-state index contributed by atoms with van der Waals surface area (Å²) in [7, 11) is 0. The van der Waals surface area contributed by atoms with Gasteiger partial charge in [-0.15, -0.1) is 0 Å². The number of fused-ring (bicyclic) bond motifs is 2. The van der Waals surface area contributed by atoms with E-state index in [9.17, 15) is 4.79 Å². The number of thioether (sulfide) groups is 1. The molecule has 160 valence electrons. The molecule has 0 bridgehead atoms. The van der Waals surface area contributed by atoms with Gasteiger partial charge in [0, 0.05) is 50.1 Å². The summed E-state index contributed by atoms with van der Waals surface area (Å²) < 4.78 is 8.52. The Bertz CT molecular complexity index is 1030. The maximum absolute atomic E-state index is 12.5. The van der Waals surface area contributed by atoms with E-state index in [4.69, 9.17) is 4.74 Å². The largest absolute Gasteiger partial charge is 0.484 e. The van der Waals surface area contributed by atoms with Crippen molar-refractivity contribution in [3.8, 4) is 5.75 Å². The summed E-state index contributed by atoms with van der Waals surface area (Å²) in [6, 6.07) is 18.5. The number of ether oxygens (including phenoxy) is 1. The van der Waals surface area contributed by atoms with Gasteiger partial charge in [-0.2, -0.15) is 0 Å². The van der Waals surface area contributed by atoms with Crippen LogP contribution in [0.3, 0.4) is 0 Å². The Morgan fingerprint density at radius 2 is 2.00 bits per heavy atom. The second-order valence-corrected chi connectivity index (χ2v) is 9.01. The molecule has 3 heterocycles. The molecule has 0 aliphatic carbocycles. The van der Waals surface area contributed by atoms with E-state index in [2.05, 4.69) is 38.0 Å². The molecule has 6 nitrogen and oxygen atoms in total. The van der Waals surface area contributed by atoms with E-state index in [0.29, 0.717) is 19.5 Å². The molecule has 1 N–H and O–H groups in total. The molecule has 0 fully saturated rings. The fourth-order valence-corrected chi connectivity index (χ4v) is 5.04. The Labute approximate surface area is 186 Å². The first-order valence-electron chi connectivity index (χ1n) is 10.7. The molecule has 31 heavy (non-hydrogen) atoms. The first-order chi connectivity index (χ1) is 15.2. The molecule has 0 saturated heterocycles. The van der Waals surface area contributed by atoms with Crippen LogP contribution in [0.15, 0.2) is 66.0 Å². The third kappa shape index (κ3) is 4.78. The van der Waals surface area contributed by atoms with Gasteiger partial charge in [0.15, 0.2) is 5.16 Å². The fraction of sp³-hybridized carbons (Fsp3) is 0.333. The number of aromatic nitrogens is 2. The third-order valence-corrected chi connectivity index (χ3v) is 6.68. The monoisotopic (exact) mass is 434 g/mol. The first kappa shape index (κ1) is 20.2. The Morgan fingerprint density at radius 1 is 1.16 bits per heavy atom. The van der Waals surface area contributed by atoms with Crippen molar-refractivity contribution in [3.05, 3.63) is 77.6 Å². The number of benzene rings is 2. The van der Waals surface area contributed by atoms with Crippen LogP contribution in [0, 0.1) is 0 Å². The number of carbonyl (C=O) groups is 1. The van der Waals surface area contributed by atoms with Crippen LogP contribution in [0.5, 0.6) is 5.75 Å². The number of nitrogens with zero attached hydrogens (tertiary/aromatic N) is 3. The van der Waals surface area contributed by atoms with Crippen LogP contribution in [0.1, 0.15) is 29.3 Å². The van der Waals surface area contributed by atoms with Gasteiger partial charge < -0.3 is 14.6 Å². The zero-order chi connectivity index (χ0) is 21.0. The lowest BCUT2D eigenvalue weighted by molar-refractivity contribution is -0.121. The van der Waals surface area contributed by atoms with Gasteiger partial charge in [0.1, 0.15) is 11.9 Å². The molecule has 0 radical (unpaired) electrons. The highest BCUT2D eigenvalue weighted by molar-refractivity contribution is 7.99. The summed E-state index contributed by atoms with van der Waals surface area (Å²) in [5.74, 6) is 2.06. The lowest BCUT2D eigenvalue weighted by Gasteiger charge is -2.24. The van der Waals surface area contributed by atoms with Crippen molar-refractivity contribution in [3.63, 3.8) is 0 Å². The lowest BCUT2D eigenvalue weighted by atomic mass is 10.1. The second-order valence-electron chi connectivity index (χ2n) is 7.94. The number of aryl methyl sites for hydroxylation is 1. The van der Waals surface area contributed by atoms with Gasteiger partial charge in [-0.25, -0.2) is 4.98 Å². The summed E-state index contributed by atoms with van der Waals surface area (Å²) in [5, 5.41) is 4.08. The normalized spacial score (nSPS) is 18.0. The van der Waals surface area contributed by atoms with Crippen LogP contribution in [-0.2, 0) is 24.4 Å². The van der Waals surface area contributed by atoms with E-state index in [1.807, 2.05) is 42.6 Å². The smallest absolute Gasteiger partial charge is 0.221 e. The zero-order valence-electron chi connectivity index (χ0n) is 17.4. The summed E-state index contributed by atoms with van der Waals surface area (Å²) in [6.07, 6.45) is 2.44. The molecule has 1 atom stereocenters. The number of carbonyl (C=O) groups excluding carboxylic acids is 1. The van der Waals surface area contributed by atoms with Crippen molar-refractivity contribution in [2.75, 3.05) is 18.8 Å². The van der Waals surface area contributed by atoms with Crippen LogP contribution in [-0.4, -0.2) is 39.2 Å². The number of nitrogens with one attached hydrogen (secondary N) is 1. The van der Waals surface area contributed by atoms with E-state index >= 15 is 0 Å². The van der Waals surface area contributed by atoms with E-state index in [-0.39, 0.29) is 12.0 Å². The topological polar surface area (TPSA) is 59.4 Å². The second kappa shape index (κ2) is 9.16. The molecule has 2 aromatic carbocycles. The van der Waals surface area contributed by atoms with Crippen molar-refractivity contribution < 1.29 is 9.53 Å². The zero-order valence-corrected chi connectivity index (χ0v) is 18.2. The van der Waals surface area contributed by atoms with Crippen LogP contribution in [0.4, 0.5) is 0 Å². The highest BCUT2D eigenvalue weighted by Crippen LogP contribution is 2.31. The van der Waals surface area contributed by atoms with Gasteiger partial charge in [-0.3, -0.25) is 9.69 Å². The molecule has 2 aliphatic heterocycles. The Balaban J connectivity index is 1.20. The molecule has 5 rings (SSSR count). The average Bonchev–Trinajstić information content (AvgIpc) is 3.33. The molecule has 0 saturated carbocycles. The van der Waals surface area contributed by atoms with Gasteiger partial charge in [0.2, 0.25) is 5.91 Å². The lowest BCUT2D eigenvalue weighted by Crippen LogP contribution is -2.33. The van der Waals surface area contributed by atoms with E-state index in [0.717, 1.165) is 53.1 Å². The van der Waals surface area contributed by atoms with Crippen LogP contribution >= 0.6 is 11.8 Å². The number of imidazole rings is 1. The summed E-state index contributed by atoms with van der Waals surface area (Å²) in [5.41, 5.74) is 3.24. The van der Waals surface area contributed by atoms with Gasteiger partial charge in [0.05, 0.1) is 12.2 Å². The number of para-hydroxylation sites is 1. The van der Waals surface area contributed by atoms with E-state index in [1.165, 1.54) is 0 Å². The molecule has 1 unspecified atom stereocenters. The summed E-state index contributed by atoms with van der Waals surface area (Å²) >= 11 is 1.77. The Hall–Kier alpha value is -2.77. The molecular formula is C24H26N4O2S. The number of hydrogen-bond acceptors (Lipinski definition) is 5. The maximum atomic E-state index is 12.5. The minimum absolute atomic E-state index is 0.0514. The summed E-state index contributed by atoms with van der Waals surface area (Å²) in [6.45, 7) is 3.69. The van der Waals surface area contributed by atoms with Crippen molar-refractivity contribution in [2.24, 2.45) is 0 Å². The minimum Gasteiger partial charge on any atom is -0.484 e. The Kier molecular flexibility index (Phi) is 5.95. The SMILES string of the molecule is O=C(CCN1Cc2ccccc2OC(c2ccccc2)C1)NCc1cn2c(n1)SCC2. The van der Waals surface area contributed by atoms with Crippen LogP contribution < -0.4 is 10.1 Å². The van der Waals surface area contributed by atoms with Crippen LogP contribution in [0.2, 0.25) is 0 Å². The fourth-order valence-electron chi connectivity index (χ4n) is 4.08. The number of rotatable bonds is 6. The third-order valence-electron chi connectivity index (χ3n) is 5.71. The van der Waals surface area contributed by atoms with Crippen molar-refractivity contribution >= 4 is 17.7 Å². The highest BCUT2D eigenvalue weighted by Gasteiger charge is 2.24. The highest BCUT2D eigenvalue weighted by atomic mass is 32.2. The van der Waals surface area contributed by atoms with Crippen molar-refractivity contribution in [1.82, 2.24) is 19.8 Å². The quantitative estimate of drug-likeness (QED) is 0.642. The molecule has 7 heteroatoms. The number of hydrogen-bond donors (Lipinski definition) is 1. The average molecular weight is 435 g/mol. The summed E-state index contributed by atoms with van der Waals surface area (Å²) in [4.78, 5) is 19.4. The van der Waals surface area contributed by atoms with E-state index in [1.54, 1.807) is 11.8 Å². The Morgan fingerprint density at radius 3 is 2.87 bits per heavy atom. The van der Waals surface area contributed by atoms with Gasteiger partial charge >= 0.3 is 0 Å². The van der Waals surface area contributed by atoms with Gasteiger partial charge in [0.25, 0.3) is 0 Å². The predicted molar refractivity (Wildman–Crippen MR) is 121 cm³/mol. The van der Waals surface area contributed by atoms with Crippen molar-refractivity contribution in [2.45, 2.75) is 37.3 Å². The molecule has 3 aromatic rings. The number of amides is 1. The van der Waals surface area contributed by atoms with Crippen molar-refractivity contribution in [1.29, 1.82) is 0 Å². The minimum atomic E-state index is -0.0571. The molecule has 2 aliphatic rings. The molecular weight excluding hydrogens is 408 g/mol. The molecule has 0 spiro atoms.